The minimum atomic E-state index is -0.407. The Bertz CT molecular complexity index is 466. The maximum atomic E-state index is 11.5. The van der Waals surface area contributed by atoms with Crippen LogP contribution in [0.4, 0.5) is 5.69 Å². The van der Waals surface area contributed by atoms with E-state index in [9.17, 15) is 4.79 Å². The summed E-state index contributed by atoms with van der Waals surface area (Å²) in [5.74, 6) is 0.679. The summed E-state index contributed by atoms with van der Waals surface area (Å²) in [6, 6.07) is 6.99. The van der Waals surface area contributed by atoms with E-state index in [4.69, 9.17) is 4.74 Å². The summed E-state index contributed by atoms with van der Waals surface area (Å²) in [7, 11) is 0. The van der Waals surface area contributed by atoms with Gasteiger partial charge in [0.15, 0.2) is 6.10 Å². The molecular formula is C13H16N2O2. The van der Waals surface area contributed by atoms with Gasteiger partial charge in [-0.25, -0.2) is 0 Å². The molecule has 2 aliphatic rings. The van der Waals surface area contributed by atoms with Crippen molar-refractivity contribution >= 4 is 11.6 Å². The lowest BCUT2D eigenvalue weighted by atomic mass is 9.91. The van der Waals surface area contributed by atoms with Gasteiger partial charge in [-0.1, -0.05) is 6.07 Å². The van der Waals surface area contributed by atoms with E-state index in [-0.39, 0.29) is 5.91 Å². The molecule has 1 fully saturated rings. The van der Waals surface area contributed by atoms with Gasteiger partial charge in [-0.05, 0) is 38.0 Å². The Hall–Kier alpha value is -1.55. The molecule has 90 valence electrons. The lowest BCUT2D eigenvalue weighted by molar-refractivity contribution is -0.122. The number of amides is 1. The average Bonchev–Trinajstić information content (AvgIpc) is 2.26. The first kappa shape index (κ1) is 10.6. The van der Waals surface area contributed by atoms with Crippen LogP contribution in [0.2, 0.25) is 0 Å². The second-order valence-corrected chi connectivity index (χ2v) is 4.86. The van der Waals surface area contributed by atoms with Crippen molar-refractivity contribution in [2.75, 3.05) is 5.32 Å². The Morgan fingerprint density at radius 1 is 1.35 bits per heavy atom. The van der Waals surface area contributed by atoms with Gasteiger partial charge in [0.05, 0.1) is 5.69 Å². The Balaban J connectivity index is 1.86. The predicted octanol–water partition coefficient (Wildman–Crippen LogP) is 1.83. The van der Waals surface area contributed by atoms with Crippen molar-refractivity contribution in [2.24, 2.45) is 0 Å². The molecule has 2 N–H and O–H groups in total. The first-order valence-corrected chi connectivity index (χ1v) is 6.01. The number of ether oxygens (including phenoxy) is 1. The molecule has 1 saturated heterocycles. The zero-order valence-electron chi connectivity index (χ0n) is 9.99. The number of fused-ring (bicyclic) bond motifs is 1. The average molecular weight is 232 g/mol. The van der Waals surface area contributed by atoms with Crippen LogP contribution in [0.5, 0.6) is 5.75 Å². The maximum Gasteiger partial charge on any atom is 0.265 e. The largest absolute Gasteiger partial charge is 0.479 e. The number of carbonyl (C=O) groups is 1. The molecule has 4 nitrogen and oxygen atoms in total. The summed E-state index contributed by atoms with van der Waals surface area (Å²) >= 11 is 0. The van der Waals surface area contributed by atoms with Crippen LogP contribution in [0.3, 0.4) is 0 Å². The first-order chi connectivity index (χ1) is 8.13. The second-order valence-electron chi connectivity index (χ2n) is 4.86. The summed E-state index contributed by atoms with van der Waals surface area (Å²) in [6.07, 6.45) is 0.736. The number of benzene rings is 1. The van der Waals surface area contributed by atoms with Crippen molar-refractivity contribution in [3.8, 4) is 5.75 Å². The molecule has 0 aromatic heterocycles. The van der Waals surface area contributed by atoms with Gasteiger partial charge in [0.2, 0.25) is 0 Å². The molecule has 1 aromatic rings. The summed E-state index contributed by atoms with van der Waals surface area (Å²) in [5.41, 5.74) is 1.99. The van der Waals surface area contributed by atoms with E-state index in [1.165, 1.54) is 5.56 Å². The third kappa shape index (κ3) is 1.78. The number of nitrogens with one attached hydrogen (secondary N) is 2. The molecule has 3 unspecified atom stereocenters. The highest BCUT2D eigenvalue weighted by atomic mass is 16.5. The third-order valence-corrected chi connectivity index (χ3v) is 3.41. The maximum absolute atomic E-state index is 11.5. The van der Waals surface area contributed by atoms with E-state index in [1.54, 1.807) is 6.92 Å². The van der Waals surface area contributed by atoms with Crippen molar-refractivity contribution < 1.29 is 9.53 Å². The minimum absolute atomic E-state index is 0.0791. The molecule has 2 aliphatic heterocycles. The van der Waals surface area contributed by atoms with Crippen LogP contribution in [0.1, 0.15) is 31.9 Å². The monoisotopic (exact) mass is 232 g/mol. The quantitative estimate of drug-likeness (QED) is 0.776. The van der Waals surface area contributed by atoms with E-state index in [0.29, 0.717) is 12.1 Å². The van der Waals surface area contributed by atoms with E-state index in [1.807, 2.05) is 12.1 Å². The summed E-state index contributed by atoms with van der Waals surface area (Å²) in [4.78, 5) is 11.5. The SMILES string of the molecule is CC1CC(c2ccc3c(c2)NC(=O)C(C)O3)N1. The molecule has 4 heteroatoms. The van der Waals surface area contributed by atoms with Crippen LogP contribution >= 0.6 is 0 Å². The standard InChI is InChI=1S/C13H16N2O2/c1-7-5-10(14-7)9-3-4-12-11(6-9)15-13(16)8(2)17-12/h3-4,6-8,10,14H,5H2,1-2H3,(H,15,16). The van der Waals surface area contributed by atoms with Gasteiger partial charge in [-0.3, -0.25) is 4.79 Å². The zero-order valence-corrected chi connectivity index (χ0v) is 9.99. The molecule has 3 rings (SSSR count). The highest BCUT2D eigenvalue weighted by Crippen LogP contribution is 2.35. The summed E-state index contributed by atoms with van der Waals surface area (Å²) in [6.45, 7) is 3.92. The van der Waals surface area contributed by atoms with Gasteiger partial charge in [-0.2, -0.15) is 0 Å². The van der Waals surface area contributed by atoms with Crippen LogP contribution in [-0.2, 0) is 4.79 Å². The Labute approximate surface area is 100 Å². The van der Waals surface area contributed by atoms with Crippen LogP contribution < -0.4 is 15.4 Å². The van der Waals surface area contributed by atoms with Gasteiger partial charge in [-0.15, -0.1) is 0 Å². The molecule has 0 bridgehead atoms. The highest BCUT2D eigenvalue weighted by Gasteiger charge is 2.28. The molecule has 0 radical (unpaired) electrons. The van der Waals surface area contributed by atoms with Gasteiger partial charge in [0.25, 0.3) is 5.91 Å². The lowest BCUT2D eigenvalue weighted by Gasteiger charge is -2.36. The minimum Gasteiger partial charge on any atom is -0.479 e. The van der Waals surface area contributed by atoms with Gasteiger partial charge < -0.3 is 15.4 Å². The third-order valence-electron chi connectivity index (χ3n) is 3.41. The second kappa shape index (κ2) is 3.74. The van der Waals surface area contributed by atoms with Crippen LogP contribution in [0.15, 0.2) is 18.2 Å². The highest BCUT2D eigenvalue weighted by molar-refractivity contribution is 5.97. The first-order valence-electron chi connectivity index (χ1n) is 6.01. The van der Waals surface area contributed by atoms with Crippen molar-refractivity contribution in [2.45, 2.75) is 38.5 Å². The normalized spacial score (nSPS) is 30.9. The molecule has 1 amide bonds. The van der Waals surface area contributed by atoms with Gasteiger partial charge >= 0.3 is 0 Å². The summed E-state index contributed by atoms with van der Waals surface area (Å²) < 4.78 is 5.52. The topological polar surface area (TPSA) is 50.4 Å². The molecule has 2 heterocycles. The predicted molar refractivity (Wildman–Crippen MR) is 65.1 cm³/mol. The Kier molecular flexibility index (Phi) is 2.33. The fourth-order valence-corrected chi connectivity index (χ4v) is 2.35. The molecule has 1 aromatic carbocycles. The van der Waals surface area contributed by atoms with Crippen molar-refractivity contribution in [3.05, 3.63) is 23.8 Å². The fourth-order valence-electron chi connectivity index (χ4n) is 2.35. The molecule has 0 spiro atoms. The van der Waals surface area contributed by atoms with Crippen molar-refractivity contribution in [3.63, 3.8) is 0 Å². The Morgan fingerprint density at radius 3 is 2.82 bits per heavy atom. The van der Waals surface area contributed by atoms with E-state index in [2.05, 4.69) is 23.6 Å². The van der Waals surface area contributed by atoms with Crippen molar-refractivity contribution in [1.29, 1.82) is 0 Å². The lowest BCUT2D eigenvalue weighted by Crippen LogP contribution is -2.43. The van der Waals surface area contributed by atoms with E-state index >= 15 is 0 Å². The number of hydrogen-bond acceptors (Lipinski definition) is 3. The molecular weight excluding hydrogens is 216 g/mol. The van der Waals surface area contributed by atoms with Crippen LogP contribution in [0, 0.1) is 0 Å². The smallest absolute Gasteiger partial charge is 0.265 e. The van der Waals surface area contributed by atoms with Crippen LogP contribution in [-0.4, -0.2) is 18.1 Å². The summed E-state index contributed by atoms with van der Waals surface area (Å²) in [5, 5.41) is 6.30. The van der Waals surface area contributed by atoms with Gasteiger partial charge in [0, 0.05) is 12.1 Å². The number of anilines is 1. The molecule has 3 atom stereocenters. The number of hydrogen-bond donors (Lipinski definition) is 2. The molecule has 0 aliphatic carbocycles. The molecule has 17 heavy (non-hydrogen) atoms. The number of rotatable bonds is 1. The zero-order chi connectivity index (χ0) is 12.0. The van der Waals surface area contributed by atoms with Crippen molar-refractivity contribution in [1.82, 2.24) is 5.32 Å². The number of carbonyl (C=O) groups excluding carboxylic acids is 1. The van der Waals surface area contributed by atoms with E-state index in [0.717, 1.165) is 17.9 Å². The van der Waals surface area contributed by atoms with Crippen LogP contribution in [0.25, 0.3) is 0 Å². The molecule has 0 saturated carbocycles. The van der Waals surface area contributed by atoms with E-state index < -0.39 is 6.10 Å². The Morgan fingerprint density at radius 2 is 2.12 bits per heavy atom. The fraction of sp³-hybridized carbons (Fsp3) is 0.462. The van der Waals surface area contributed by atoms with Gasteiger partial charge in [0.1, 0.15) is 5.75 Å².